The van der Waals surface area contributed by atoms with Gasteiger partial charge in [0, 0.05) is 9.75 Å². The highest BCUT2D eigenvalue weighted by molar-refractivity contribution is 7.98. The van der Waals surface area contributed by atoms with Gasteiger partial charge in [-0.25, -0.2) is 0 Å². The normalized spacial score (nSPS) is 12.0. The Kier molecular flexibility index (Phi) is 6.95. The third-order valence-electron chi connectivity index (χ3n) is 3.44. The Bertz CT molecular complexity index is 626. The Morgan fingerprint density at radius 3 is 2.70 bits per heavy atom. The molecule has 0 saturated carbocycles. The van der Waals surface area contributed by atoms with Crippen molar-refractivity contribution < 1.29 is 9.53 Å². The number of rotatable bonds is 8. The van der Waals surface area contributed by atoms with E-state index in [1.807, 2.05) is 36.6 Å². The fraction of sp³-hybridized carbons (Fsp3) is 0.353. The first-order valence-electron chi connectivity index (χ1n) is 7.39. The van der Waals surface area contributed by atoms with Crippen LogP contribution >= 0.6 is 23.1 Å². The van der Waals surface area contributed by atoms with Crippen LogP contribution in [-0.2, 0) is 11.3 Å². The second-order valence-corrected chi connectivity index (χ2v) is 7.25. The lowest BCUT2D eigenvalue weighted by atomic mass is 10.2. The highest BCUT2D eigenvalue weighted by Crippen LogP contribution is 2.29. The van der Waals surface area contributed by atoms with E-state index >= 15 is 0 Å². The van der Waals surface area contributed by atoms with E-state index in [0.29, 0.717) is 13.0 Å². The van der Waals surface area contributed by atoms with Gasteiger partial charge in [-0.05, 0) is 60.4 Å². The molecule has 0 aliphatic carbocycles. The van der Waals surface area contributed by atoms with Crippen LogP contribution in [-0.4, -0.2) is 31.1 Å². The average molecular weight is 351 g/mol. The number of carbonyl (C=O) groups excluding carboxylic acids is 1. The topological polar surface area (TPSA) is 64.3 Å². The zero-order valence-electron chi connectivity index (χ0n) is 13.4. The smallest absolute Gasteiger partial charge is 0.237 e. The molecule has 2 aromatic rings. The number of ether oxygens (including phenoxy) is 1. The van der Waals surface area contributed by atoms with Crippen molar-refractivity contribution in [3.05, 3.63) is 41.3 Å². The summed E-state index contributed by atoms with van der Waals surface area (Å²) in [4.78, 5) is 14.2. The zero-order chi connectivity index (χ0) is 16.7. The fourth-order valence-corrected chi connectivity index (χ4v) is 3.51. The van der Waals surface area contributed by atoms with Crippen LogP contribution in [0, 0.1) is 0 Å². The van der Waals surface area contributed by atoms with Crippen molar-refractivity contribution in [2.75, 3.05) is 19.1 Å². The minimum Gasteiger partial charge on any atom is -0.497 e. The van der Waals surface area contributed by atoms with Gasteiger partial charge in [-0.1, -0.05) is 0 Å². The van der Waals surface area contributed by atoms with Gasteiger partial charge < -0.3 is 15.8 Å². The Morgan fingerprint density at radius 2 is 2.04 bits per heavy atom. The van der Waals surface area contributed by atoms with Gasteiger partial charge in [0.15, 0.2) is 0 Å². The number of amides is 1. The molecule has 4 nitrogen and oxygen atoms in total. The first-order valence-corrected chi connectivity index (χ1v) is 9.60. The molecule has 1 aromatic carbocycles. The first-order chi connectivity index (χ1) is 11.1. The van der Waals surface area contributed by atoms with Crippen molar-refractivity contribution in [3.8, 4) is 16.2 Å². The number of nitrogens with one attached hydrogen (secondary N) is 1. The highest BCUT2D eigenvalue weighted by atomic mass is 32.2. The molecule has 0 bridgehead atoms. The van der Waals surface area contributed by atoms with Crippen LogP contribution < -0.4 is 15.8 Å². The monoisotopic (exact) mass is 350 g/mol. The van der Waals surface area contributed by atoms with E-state index in [0.717, 1.165) is 21.9 Å². The third kappa shape index (κ3) is 5.27. The maximum Gasteiger partial charge on any atom is 0.237 e. The highest BCUT2D eigenvalue weighted by Gasteiger charge is 2.12. The molecule has 2 rings (SSSR count). The quantitative estimate of drug-likeness (QED) is 0.768. The molecule has 124 valence electrons. The SMILES string of the molecule is COc1ccc(-c2ccc(CNC(=O)[C@@H](N)CCSC)s2)cc1. The van der Waals surface area contributed by atoms with Crippen molar-refractivity contribution >= 4 is 29.0 Å². The molecule has 0 fully saturated rings. The van der Waals surface area contributed by atoms with Gasteiger partial charge in [0.2, 0.25) is 5.91 Å². The van der Waals surface area contributed by atoms with Crippen molar-refractivity contribution in [1.29, 1.82) is 0 Å². The lowest BCUT2D eigenvalue weighted by Crippen LogP contribution is -2.40. The molecule has 0 saturated heterocycles. The fourth-order valence-electron chi connectivity index (χ4n) is 2.06. The molecule has 23 heavy (non-hydrogen) atoms. The third-order valence-corrected chi connectivity index (χ3v) is 5.22. The number of thioether (sulfide) groups is 1. The summed E-state index contributed by atoms with van der Waals surface area (Å²) in [5, 5.41) is 2.91. The maximum atomic E-state index is 11.9. The Morgan fingerprint density at radius 1 is 1.30 bits per heavy atom. The van der Waals surface area contributed by atoms with Crippen LogP contribution in [0.25, 0.3) is 10.4 Å². The molecule has 3 N–H and O–H groups in total. The van der Waals surface area contributed by atoms with Crippen LogP contribution in [0.15, 0.2) is 36.4 Å². The molecular formula is C17H22N2O2S2. The van der Waals surface area contributed by atoms with Crippen LogP contribution in [0.3, 0.4) is 0 Å². The number of methoxy groups -OCH3 is 1. The van der Waals surface area contributed by atoms with E-state index in [1.54, 1.807) is 30.2 Å². The first kappa shape index (κ1) is 17.8. The standard InChI is InChI=1S/C17H22N2O2S2/c1-21-13-5-3-12(4-6-13)16-8-7-14(23-16)11-19-17(20)15(18)9-10-22-2/h3-8,15H,9-11,18H2,1-2H3,(H,19,20)/t15-/m0/s1. The maximum absolute atomic E-state index is 11.9. The van der Waals surface area contributed by atoms with Gasteiger partial charge in [0.25, 0.3) is 0 Å². The lowest BCUT2D eigenvalue weighted by molar-refractivity contribution is -0.122. The molecule has 1 aromatic heterocycles. The predicted octanol–water partition coefficient (Wildman–Crippen LogP) is 3.12. The summed E-state index contributed by atoms with van der Waals surface area (Å²) in [5.41, 5.74) is 7.00. The number of thiophene rings is 1. The Balaban J connectivity index is 1.90. The molecule has 1 amide bonds. The van der Waals surface area contributed by atoms with E-state index < -0.39 is 6.04 Å². The van der Waals surface area contributed by atoms with Gasteiger partial charge in [-0.15, -0.1) is 11.3 Å². The van der Waals surface area contributed by atoms with E-state index in [9.17, 15) is 4.79 Å². The van der Waals surface area contributed by atoms with Crippen LogP contribution in [0.4, 0.5) is 0 Å². The second kappa shape index (κ2) is 8.96. The van der Waals surface area contributed by atoms with Crippen molar-refractivity contribution in [3.63, 3.8) is 0 Å². The van der Waals surface area contributed by atoms with E-state index in [2.05, 4.69) is 11.4 Å². The molecule has 0 aliphatic heterocycles. The largest absolute Gasteiger partial charge is 0.497 e. The molecular weight excluding hydrogens is 328 g/mol. The van der Waals surface area contributed by atoms with Crippen molar-refractivity contribution in [2.24, 2.45) is 5.73 Å². The van der Waals surface area contributed by atoms with Crippen LogP contribution in [0.5, 0.6) is 5.75 Å². The second-order valence-electron chi connectivity index (χ2n) is 5.10. The summed E-state index contributed by atoms with van der Waals surface area (Å²) in [6.45, 7) is 0.520. The van der Waals surface area contributed by atoms with E-state index in [4.69, 9.17) is 10.5 Å². The summed E-state index contributed by atoms with van der Waals surface area (Å²) < 4.78 is 5.17. The lowest BCUT2D eigenvalue weighted by Gasteiger charge is -2.10. The Labute approximate surface area is 145 Å². The van der Waals surface area contributed by atoms with Gasteiger partial charge in [-0.2, -0.15) is 11.8 Å². The summed E-state index contributed by atoms with van der Waals surface area (Å²) >= 11 is 3.37. The number of hydrogen-bond donors (Lipinski definition) is 2. The van der Waals surface area contributed by atoms with E-state index in [1.165, 1.54) is 4.88 Å². The number of benzene rings is 1. The summed E-state index contributed by atoms with van der Waals surface area (Å²) in [6, 6.07) is 11.6. The molecule has 0 aliphatic rings. The molecule has 0 unspecified atom stereocenters. The molecule has 6 heteroatoms. The number of nitrogens with two attached hydrogens (primary N) is 1. The van der Waals surface area contributed by atoms with Gasteiger partial charge >= 0.3 is 0 Å². The van der Waals surface area contributed by atoms with Crippen LogP contribution in [0.2, 0.25) is 0 Å². The molecule has 1 atom stereocenters. The minimum atomic E-state index is -0.427. The van der Waals surface area contributed by atoms with Crippen LogP contribution in [0.1, 0.15) is 11.3 Å². The summed E-state index contributed by atoms with van der Waals surface area (Å²) in [6.07, 6.45) is 2.71. The summed E-state index contributed by atoms with van der Waals surface area (Å²) in [5.74, 6) is 1.66. The Hall–Kier alpha value is -1.50. The summed E-state index contributed by atoms with van der Waals surface area (Å²) in [7, 11) is 1.66. The van der Waals surface area contributed by atoms with Gasteiger partial charge in [-0.3, -0.25) is 4.79 Å². The minimum absolute atomic E-state index is 0.0848. The van der Waals surface area contributed by atoms with Gasteiger partial charge in [0.1, 0.15) is 5.75 Å². The zero-order valence-corrected chi connectivity index (χ0v) is 15.0. The van der Waals surface area contributed by atoms with Crippen molar-refractivity contribution in [2.45, 2.75) is 19.0 Å². The average Bonchev–Trinajstić information content (AvgIpc) is 3.06. The molecule has 0 spiro atoms. The number of carbonyl (C=O) groups is 1. The molecule has 0 radical (unpaired) electrons. The van der Waals surface area contributed by atoms with E-state index in [-0.39, 0.29) is 5.91 Å². The predicted molar refractivity (Wildman–Crippen MR) is 99.1 cm³/mol. The number of hydrogen-bond acceptors (Lipinski definition) is 5. The van der Waals surface area contributed by atoms with Gasteiger partial charge in [0.05, 0.1) is 19.7 Å². The molecule has 1 heterocycles. The van der Waals surface area contributed by atoms with Crippen molar-refractivity contribution in [1.82, 2.24) is 5.32 Å².